The first-order valence-electron chi connectivity index (χ1n) is 6.53. The molecule has 0 saturated carbocycles. The fourth-order valence-electron chi connectivity index (χ4n) is 1.72. The highest BCUT2D eigenvalue weighted by Crippen LogP contribution is 2.12. The predicted octanol–water partition coefficient (Wildman–Crippen LogP) is 2.03. The number of nitrogens with two attached hydrogens (primary N) is 1. The molecule has 5 nitrogen and oxygen atoms in total. The molecule has 21 heavy (non-hydrogen) atoms. The van der Waals surface area contributed by atoms with Crippen molar-refractivity contribution in [2.45, 2.75) is 6.54 Å². The molecule has 6 heteroatoms. The Morgan fingerprint density at radius 2 is 2.00 bits per heavy atom. The molecule has 1 aromatic heterocycles. The third-order valence-corrected chi connectivity index (χ3v) is 2.93. The van der Waals surface area contributed by atoms with Crippen LogP contribution < -0.4 is 10.5 Å². The number of benzene rings is 1. The molecule has 0 aliphatic carbocycles. The summed E-state index contributed by atoms with van der Waals surface area (Å²) in [6.07, 6.45) is 0. The lowest BCUT2D eigenvalue weighted by Crippen LogP contribution is -2.30. The van der Waals surface area contributed by atoms with E-state index in [0.717, 1.165) is 0 Å². The average Bonchev–Trinajstić information content (AvgIpc) is 2.97. The third-order valence-electron chi connectivity index (χ3n) is 2.93. The number of nitrogens with zero attached hydrogens (tertiary/aromatic N) is 1. The molecule has 0 radical (unpaired) electrons. The number of ether oxygens (including phenoxy) is 1. The number of amides is 1. The van der Waals surface area contributed by atoms with Gasteiger partial charge in [0.1, 0.15) is 23.9 Å². The van der Waals surface area contributed by atoms with Gasteiger partial charge in [0, 0.05) is 7.05 Å². The SMILES string of the molecule is CN(CCOc1ccc(F)cc1)C(=O)c1ccc(CN)o1. The molecule has 0 bridgehead atoms. The maximum Gasteiger partial charge on any atom is 0.289 e. The second-order valence-electron chi connectivity index (χ2n) is 4.50. The van der Waals surface area contributed by atoms with Crippen LogP contribution in [0.4, 0.5) is 4.39 Å². The summed E-state index contributed by atoms with van der Waals surface area (Å²) in [6, 6.07) is 9.00. The molecule has 1 aromatic carbocycles. The Balaban J connectivity index is 1.82. The van der Waals surface area contributed by atoms with E-state index >= 15 is 0 Å². The summed E-state index contributed by atoms with van der Waals surface area (Å²) < 4.78 is 23.5. The van der Waals surface area contributed by atoms with E-state index in [-0.39, 0.29) is 24.0 Å². The second-order valence-corrected chi connectivity index (χ2v) is 4.50. The average molecular weight is 292 g/mol. The zero-order chi connectivity index (χ0) is 15.2. The van der Waals surface area contributed by atoms with E-state index in [0.29, 0.717) is 24.7 Å². The first-order valence-corrected chi connectivity index (χ1v) is 6.53. The minimum absolute atomic E-state index is 0.239. The van der Waals surface area contributed by atoms with Gasteiger partial charge in [-0.1, -0.05) is 0 Å². The van der Waals surface area contributed by atoms with Gasteiger partial charge in [-0.2, -0.15) is 0 Å². The minimum atomic E-state index is -0.317. The van der Waals surface area contributed by atoms with Gasteiger partial charge in [-0.05, 0) is 36.4 Å². The smallest absolute Gasteiger partial charge is 0.289 e. The molecule has 2 aromatic rings. The highest BCUT2D eigenvalue weighted by Gasteiger charge is 2.15. The van der Waals surface area contributed by atoms with Crippen LogP contribution in [-0.2, 0) is 6.54 Å². The summed E-state index contributed by atoms with van der Waals surface area (Å²) in [4.78, 5) is 13.5. The number of carbonyl (C=O) groups excluding carboxylic acids is 1. The van der Waals surface area contributed by atoms with Gasteiger partial charge in [-0.3, -0.25) is 4.79 Å². The van der Waals surface area contributed by atoms with Gasteiger partial charge >= 0.3 is 0 Å². The number of rotatable bonds is 6. The molecule has 2 N–H and O–H groups in total. The van der Waals surface area contributed by atoms with Gasteiger partial charge in [0.15, 0.2) is 5.76 Å². The number of hydrogen-bond acceptors (Lipinski definition) is 4. The Hall–Kier alpha value is -2.34. The van der Waals surface area contributed by atoms with E-state index in [2.05, 4.69) is 0 Å². The van der Waals surface area contributed by atoms with E-state index in [1.54, 1.807) is 19.2 Å². The molecule has 0 unspecified atom stereocenters. The molecular weight excluding hydrogens is 275 g/mol. The Morgan fingerprint density at radius 1 is 1.29 bits per heavy atom. The van der Waals surface area contributed by atoms with Crippen molar-refractivity contribution < 1.29 is 18.3 Å². The maximum absolute atomic E-state index is 12.7. The number of furan rings is 1. The summed E-state index contributed by atoms with van der Waals surface area (Å²) >= 11 is 0. The number of carbonyl (C=O) groups is 1. The first-order chi connectivity index (χ1) is 10.1. The molecule has 0 fully saturated rings. The van der Waals surface area contributed by atoms with E-state index in [1.165, 1.54) is 29.2 Å². The van der Waals surface area contributed by atoms with E-state index < -0.39 is 0 Å². The van der Waals surface area contributed by atoms with E-state index in [1.807, 2.05) is 0 Å². The molecule has 112 valence electrons. The summed E-state index contributed by atoms with van der Waals surface area (Å²) in [5.41, 5.74) is 5.43. The van der Waals surface area contributed by atoms with Crippen molar-refractivity contribution in [2.75, 3.05) is 20.2 Å². The molecule has 1 heterocycles. The molecule has 0 aliphatic heterocycles. The minimum Gasteiger partial charge on any atom is -0.492 e. The topological polar surface area (TPSA) is 68.7 Å². The molecule has 0 spiro atoms. The van der Waals surface area contributed by atoms with Gasteiger partial charge in [0.2, 0.25) is 0 Å². The number of hydrogen-bond donors (Lipinski definition) is 1. The van der Waals surface area contributed by atoms with E-state index in [4.69, 9.17) is 14.9 Å². The van der Waals surface area contributed by atoms with Crippen LogP contribution in [0.2, 0.25) is 0 Å². The lowest BCUT2D eigenvalue weighted by atomic mass is 10.3. The van der Waals surface area contributed by atoms with Crippen molar-refractivity contribution in [1.29, 1.82) is 0 Å². The van der Waals surface area contributed by atoms with Crippen molar-refractivity contribution in [2.24, 2.45) is 5.73 Å². The molecular formula is C15H17FN2O3. The monoisotopic (exact) mass is 292 g/mol. The number of likely N-dealkylation sites (N-methyl/N-ethyl adjacent to an activating group) is 1. The Kier molecular flexibility index (Phi) is 4.94. The highest BCUT2D eigenvalue weighted by molar-refractivity contribution is 5.91. The fraction of sp³-hybridized carbons (Fsp3) is 0.267. The summed E-state index contributed by atoms with van der Waals surface area (Å²) in [7, 11) is 1.65. The van der Waals surface area contributed by atoms with Crippen LogP contribution in [-0.4, -0.2) is 31.0 Å². The van der Waals surface area contributed by atoms with Crippen LogP contribution >= 0.6 is 0 Å². The summed E-state index contributed by atoms with van der Waals surface area (Å²) in [5.74, 6) is 0.815. The van der Waals surface area contributed by atoms with Crippen molar-refractivity contribution in [3.05, 3.63) is 53.7 Å². The predicted molar refractivity (Wildman–Crippen MR) is 75.5 cm³/mol. The summed E-state index contributed by atoms with van der Waals surface area (Å²) in [5, 5.41) is 0. The Morgan fingerprint density at radius 3 is 2.62 bits per heavy atom. The Bertz CT molecular complexity index is 595. The quantitative estimate of drug-likeness (QED) is 0.884. The molecule has 0 atom stereocenters. The maximum atomic E-state index is 12.7. The van der Waals surface area contributed by atoms with Gasteiger partial charge in [0.25, 0.3) is 5.91 Å². The van der Waals surface area contributed by atoms with Gasteiger partial charge < -0.3 is 19.8 Å². The van der Waals surface area contributed by atoms with E-state index in [9.17, 15) is 9.18 Å². The number of halogens is 1. The normalized spacial score (nSPS) is 10.4. The highest BCUT2D eigenvalue weighted by atomic mass is 19.1. The van der Waals surface area contributed by atoms with Crippen molar-refractivity contribution in [1.82, 2.24) is 4.90 Å². The van der Waals surface area contributed by atoms with Crippen molar-refractivity contribution in [3.63, 3.8) is 0 Å². The molecule has 1 amide bonds. The lowest BCUT2D eigenvalue weighted by Gasteiger charge is -2.16. The van der Waals surface area contributed by atoms with Crippen LogP contribution in [0, 0.1) is 5.82 Å². The van der Waals surface area contributed by atoms with Crippen LogP contribution in [0.25, 0.3) is 0 Å². The Labute approximate surface area is 122 Å². The van der Waals surface area contributed by atoms with Crippen LogP contribution in [0.1, 0.15) is 16.3 Å². The van der Waals surface area contributed by atoms with Crippen molar-refractivity contribution in [3.8, 4) is 5.75 Å². The van der Waals surface area contributed by atoms with Gasteiger partial charge in [0.05, 0.1) is 13.1 Å². The molecule has 0 aliphatic rings. The fourth-order valence-corrected chi connectivity index (χ4v) is 1.72. The van der Waals surface area contributed by atoms with Crippen LogP contribution in [0.3, 0.4) is 0 Å². The first kappa shape index (κ1) is 15.1. The standard InChI is InChI=1S/C15H17FN2O3/c1-18(15(19)14-7-6-13(10-17)21-14)8-9-20-12-4-2-11(16)3-5-12/h2-7H,8-10,17H2,1H3. The zero-order valence-electron chi connectivity index (χ0n) is 11.7. The van der Waals surface area contributed by atoms with Crippen LogP contribution in [0.5, 0.6) is 5.75 Å². The van der Waals surface area contributed by atoms with Crippen molar-refractivity contribution >= 4 is 5.91 Å². The van der Waals surface area contributed by atoms with Crippen LogP contribution in [0.15, 0.2) is 40.8 Å². The lowest BCUT2D eigenvalue weighted by molar-refractivity contribution is 0.0740. The van der Waals surface area contributed by atoms with Gasteiger partial charge in [-0.15, -0.1) is 0 Å². The molecule has 2 rings (SSSR count). The third kappa shape index (κ3) is 4.06. The van der Waals surface area contributed by atoms with Gasteiger partial charge in [-0.25, -0.2) is 4.39 Å². The molecule has 0 saturated heterocycles. The zero-order valence-corrected chi connectivity index (χ0v) is 11.7. The largest absolute Gasteiger partial charge is 0.492 e. The second kappa shape index (κ2) is 6.90. The summed E-state index contributed by atoms with van der Waals surface area (Å²) in [6.45, 7) is 0.942.